The van der Waals surface area contributed by atoms with E-state index in [1.807, 2.05) is 32.4 Å². The van der Waals surface area contributed by atoms with Gasteiger partial charge in [0.05, 0.1) is 30.2 Å². The van der Waals surface area contributed by atoms with E-state index in [2.05, 4.69) is 15.5 Å². The van der Waals surface area contributed by atoms with Crippen LogP contribution in [0.3, 0.4) is 0 Å². The summed E-state index contributed by atoms with van der Waals surface area (Å²) < 4.78 is 16.6. The van der Waals surface area contributed by atoms with Crippen LogP contribution >= 0.6 is 0 Å². The molecule has 0 aliphatic carbocycles. The molecule has 2 aromatic heterocycles. The van der Waals surface area contributed by atoms with Gasteiger partial charge < -0.3 is 5.32 Å². The van der Waals surface area contributed by atoms with Crippen LogP contribution in [0.1, 0.15) is 41.9 Å². The van der Waals surface area contributed by atoms with Crippen LogP contribution in [0.25, 0.3) is 0 Å². The summed E-state index contributed by atoms with van der Waals surface area (Å²) >= 11 is 0. The molecule has 1 amide bonds. The van der Waals surface area contributed by atoms with Crippen molar-refractivity contribution in [1.29, 1.82) is 0 Å². The number of amides is 1. The van der Waals surface area contributed by atoms with Crippen LogP contribution in [-0.4, -0.2) is 25.5 Å². The highest BCUT2D eigenvalue weighted by atomic mass is 19.1. The molecule has 0 spiro atoms. The first-order valence-corrected chi connectivity index (χ1v) is 8.92. The van der Waals surface area contributed by atoms with Crippen molar-refractivity contribution in [3.8, 4) is 0 Å². The highest BCUT2D eigenvalue weighted by molar-refractivity contribution is 5.90. The summed E-state index contributed by atoms with van der Waals surface area (Å²) in [5, 5.41) is 11.6. The maximum Gasteiger partial charge on any atom is 0.226 e. The number of hydrogen-bond acceptors (Lipinski definition) is 3. The SMILES string of the molecule is Cc1nn([C@H](C)CC(=O)Nc2cnn(Cc3ccc(F)cc3)c2)c(C)c1C. The molecule has 0 saturated heterocycles. The topological polar surface area (TPSA) is 64.7 Å². The summed E-state index contributed by atoms with van der Waals surface area (Å²) in [5.41, 5.74) is 4.80. The summed E-state index contributed by atoms with van der Waals surface area (Å²) in [7, 11) is 0. The second-order valence-electron chi connectivity index (χ2n) is 6.89. The number of nitrogens with zero attached hydrogens (tertiary/aromatic N) is 4. The number of benzene rings is 1. The molecule has 0 aliphatic rings. The third kappa shape index (κ3) is 4.42. The van der Waals surface area contributed by atoms with Gasteiger partial charge in [0.25, 0.3) is 0 Å². The van der Waals surface area contributed by atoms with E-state index in [-0.39, 0.29) is 17.8 Å². The van der Waals surface area contributed by atoms with Gasteiger partial charge in [-0.2, -0.15) is 10.2 Å². The van der Waals surface area contributed by atoms with Gasteiger partial charge in [0.1, 0.15) is 5.82 Å². The molecular weight excluding hydrogens is 345 g/mol. The number of aromatic nitrogens is 4. The van der Waals surface area contributed by atoms with Gasteiger partial charge >= 0.3 is 0 Å². The quantitative estimate of drug-likeness (QED) is 0.719. The number of hydrogen-bond donors (Lipinski definition) is 1. The van der Waals surface area contributed by atoms with Gasteiger partial charge in [-0.3, -0.25) is 14.2 Å². The largest absolute Gasteiger partial charge is 0.323 e. The van der Waals surface area contributed by atoms with E-state index in [4.69, 9.17) is 0 Å². The Hall–Kier alpha value is -2.96. The molecule has 0 bridgehead atoms. The molecule has 7 heteroatoms. The van der Waals surface area contributed by atoms with Crippen molar-refractivity contribution in [1.82, 2.24) is 19.6 Å². The van der Waals surface area contributed by atoms with Gasteiger partial charge in [-0.05, 0) is 51.0 Å². The van der Waals surface area contributed by atoms with E-state index in [0.29, 0.717) is 18.7 Å². The van der Waals surface area contributed by atoms with Crippen molar-refractivity contribution < 1.29 is 9.18 Å². The van der Waals surface area contributed by atoms with Gasteiger partial charge in [0, 0.05) is 18.3 Å². The number of nitrogens with one attached hydrogen (secondary N) is 1. The molecule has 3 rings (SSSR count). The Bertz CT molecular complexity index is 942. The Morgan fingerprint density at radius 2 is 1.93 bits per heavy atom. The number of aryl methyl sites for hydroxylation is 1. The van der Waals surface area contributed by atoms with Crippen LogP contribution in [0.5, 0.6) is 0 Å². The van der Waals surface area contributed by atoms with Crippen molar-refractivity contribution in [2.75, 3.05) is 5.32 Å². The van der Waals surface area contributed by atoms with Crippen molar-refractivity contribution >= 4 is 11.6 Å². The zero-order valence-electron chi connectivity index (χ0n) is 16.0. The van der Waals surface area contributed by atoms with E-state index in [0.717, 1.165) is 22.5 Å². The maximum atomic E-state index is 13.0. The molecule has 6 nitrogen and oxygen atoms in total. The first kappa shape index (κ1) is 18.8. The summed E-state index contributed by atoms with van der Waals surface area (Å²) in [4.78, 5) is 12.4. The molecule has 27 heavy (non-hydrogen) atoms. The molecule has 0 radical (unpaired) electrons. The zero-order chi connectivity index (χ0) is 19.6. The van der Waals surface area contributed by atoms with Crippen LogP contribution in [0.4, 0.5) is 10.1 Å². The van der Waals surface area contributed by atoms with E-state index in [1.165, 1.54) is 12.1 Å². The lowest BCUT2D eigenvalue weighted by molar-refractivity contribution is -0.116. The van der Waals surface area contributed by atoms with Crippen molar-refractivity contribution in [3.05, 3.63) is 65.0 Å². The Kier molecular flexibility index (Phi) is 5.39. The van der Waals surface area contributed by atoms with Crippen LogP contribution < -0.4 is 5.32 Å². The second-order valence-corrected chi connectivity index (χ2v) is 6.89. The van der Waals surface area contributed by atoms with Crippen molar-refractivity contribution in [3.63, 3.8) is 0 Å². The second kappa shape index (κ2) is 7.73. The molecule has 0 unspecified atom stereocenters. The lowest BCUT2D eigenvalue weighted by Gasteiger charge is -2.14. The highest BCUT2D eigenvalue weighted by Gasteiger charge is 2.16. The van der Waals surface area contributed by atoms with Crippen molar-refractivity contribution in [2.24, 2.45) is 0 Å². The van der Waals surface area contributed by atoms with Crippen LogP contribution in [-0.2, 0) is 11.3 Å². The molecule has 1 N–H and O–H groups in total. The number of carbonyl (C=O) groups is 1. The Morgan fingerprint density at radius 1 is 1.22 bits per heavy atom. The van der Waals surface area contributed by atoms with E-state index < -0.39 is 0 Å². The van der Waals surface area contributed by atoms with Gasteiger partial charge in [-0.1, -0.05) is 12.1 Å². The minimum Gasteiger partial charge on any atom is -0.323 e. The number of halogens is 1. The number of anilines is 1. The molecule has 2 heterocycles. The highest BCUT2D eigenvalue weighted by Crippen LogP contribution is 2.19. The van der Waals surface area contributed by atoms with Crippen LogP contribution in [0, 0.1) is 26.6 Å². The first-order valence-electron chi connectivity index (χ1n) is 8.92. The molecule has 0 saturated carbocycles. The lowest BCUT2D eigenvalue weighted by atomic mass is 10.2. The summed E-state index contributed by atoms with van der Waals surface area (Å²) in [6.07, 6.45) is 3.70. The summed E-state index contributed by atoms with van der Waals surface area (Å²) in [5.74, 6) is -0.354. The Balaban J connectivity index is 1.58. The Morgan fingerprint density at radius 3 is 2.56 bits per heavy atom. The predicted octanol–water partition coefficient (Wildman–Crippen LogP) is 3.78. The summed E-state index contributed by atoms with van der Waals surface area (Å²) in [6, 6.07) is 6.24. The minimum atomic E-state index is -0.265. The fourth-order valence-corrected chi connectivity index (χ4v) is 3.03. The molecule has 3 aromatic rings. The van der Waals surface area contributed by atoms with Gasteiger partial charge in [-0.25, -0.2) is 4.39 Å². The fourth-order valence-electron chi connectivity index (χ4n) is 3.03. The molecule has 0 aliphatic heterocycles. The average molecular weight is 369 g/mol. The zero-order valence-corrected chi connectivity index (χ0v) is 16.0. The molecule has 1 aromatic carbocycles. The first-order chi connectivity index (χ1) is 12.8. The smallest absolute Gasteiger partial charge is 0.226 e. The predicted molar refractivity (Wildman–Crippen MR) is 102 cm³/mol. The number of carbonyl (C=O) groups excluding carboxylic acids is 1. The van der Waals surface area contributed by atoms with Crippen molar-refractivity contribution in [2.45, 2.75) is 46.7 Å². The monoisotopic (exact) mass is 369 g/mol. The molecule has 0 fully saturated rings. The van der Waals surface area contributed by atoms with E-state index in [1.54, 1.807) is 29.2 Å². The fraction of sp³-hybridized carbons (Fsp3) is 0.350. The molecule has 142 valence electrons. The van der Waals surface area contributed by atoms with Gasteiger partial charge in [0.2, 0.25) is 5.91 Å². The number of rotatable bonds is 6. The third-order valence-electron chi connectivity index (χ3n) is 4.76. The molecule has 1 atom stereocenters. The van der Waals surface area contributed by atoms with Crippen LogP contribution in [0.2, 0.25) is 0 Å². The maximum absolute atomic E-state index is 13.0. The Labute approximate surface area is 158 Å². The lowest BCUT2D eigenvalue weighted by Crippen LogP contribution is -2.19. The average Bonchev–Trinajstić information content (AvgIpc) is 3.16. The van der Waals surface area contributed by atoms with E-state index >= 15 is 0 Å². The standard InChI is InChI=1S/C20H24FN5O/c1-13(26-16(4)14(2)15(3)24-26)9-20(27)23-19-10-22-25(12-19)11-17-5-7-18(21)8-6-17/h5-8,10,12-13H,9,11H2,1-4H3,(H,23,27)/t13-/m1/s1. The summed E-state index contributed by atoms with van der Waals surface area (Å²) in [6.45, 7) is 8.52. The third-order valence-corrected chi connectivity index (χ3v) is 4.76. The van der Waals surface area contributed by atoms with Gasteiger partial charge in [0.15, 0.2) is 0 Å². The minimum absolute atomic E-state index is 0.0355. The normalized spacial score (nSPS) is 12.2. The van der Waals surface area contributed by atoms with Crippen LogP contribution in [0.15, 0.2) is 36.7 Å². The van der Waals surface area contributed by atoms with Gasteiger partial charge in [-0.15, -0.1) is 0 Å². The van der Waals surface area contributed by atoms with E-state index in [9.17, 15) is 9.18 Å². The molecular formula is C20H24FN5O.